The molecule has 2 heterocycles. The molecule has 0 amide bonds. The molecule has 0 spiro atoms. The van der Waals surface area contributed by atoms with E-state index in [1.807, 2.05) is 0 Å². The Kier molecular flexibility index (Phi) is 5.72. The number of carbonyl (C=O) groups is 1. The van der Waals surface area contributed by atoms with Crippen molar-refractivity contribution in [3.8, 4) is 6.07 Å². The van der Waals surface area contributed by atoms with Gasteiger partial charge in [0.15, 0.2) is 18.2 Å². The molecule has 1 aliphatic rings. The molecule has 1 aliphatic heterocycles. The van der Waals surface area contributed by atoms with Gasteiger partial charge in [0.1, 0.15) is 24.3 Å². The van der Waals surface area contributed by atoms with E-state index in [4.69, 9.17) is 16.2 Å². The number of nitrogens with zero attached hydrogens (tertiary/aromatic N) is 3. The Labute approximate surface area is 157 Å². The van der Waals surface area contributed by atoms with Gasteiger partial charge < -0.3 is 26.4 Å². The standard InChI is InChI=1S/C15H19F2N5O6/c1-6(2)8(19)12(25)27-5-14(17)9(23)10(24)15(4-18,28-14)22-3-7(16)11(20)21-13(22)26/h3,6,8-10,23-24H,5,19H2,1-2H3,(H2,20,21,26)/t8-,9-,10+,14+,15+/m0/s1. The van der Waals surface area contributed by atoms with Gasteiger partial charge in [-0.15, -0.1) is 0 Å². The SMILES string of the molecule is CC(C)[C@H](N)C(=O)OC[C@@]1(F)O[C@@](C#N)(n2cc(F)c(N)nc2=O)[C@H](O)[C@@H]1O. The lowest BCUT2D eigenvalue weighted by Gasteiger charge is -2.27. The predicted molar refractivity (Wildman–Crippen MR) is 87.2 cm³/mol. The van der Waals surface area contributed by atoms with E-state index >= 15 is 4.39 Å². The van der Waals surface area contributed by atoms with Gasteiger partial charge in [-0.3, -0.25) is 14.1 Å². The molecule has 0 radical (unpaired) electrons. The summed E-state index contributed by atoms with van der Waals surface area (Å²) in [4.78, 5) is 26.9. The number of hydrogen-bond acceptors (Lipinski definition) is 10. The third kappa shape index (κ3) is 3.42. The predicted octanol–water partition coefficient (Wildman–Crippen LogP) is -1.91. The number of aliphatic hydroxyl groups excluding tert-OH is 2. The van der Waals surface area contributed by atoms with Crippen LogP contribution in [0, 0.1) is 23.1 Å². The summed E-state index contributed by atoms with van der Waals surface area (Å²) >= 11 is 0. The number of hydrogen-bond donors (Lipinski definition) is 4. The third-order valence-corrected chi connectivity index (χ3v) is 4.30. The molecule has 28 heavy (non-hydrogen) atoms. The number of alkyl halides is 1. The minimum atomic E-state index is -3.31. The quantitative estimate of drug-likeness (QED) is 0.404. The first kappa shape index (κ1) is 21.6. The first-order valence-electron chi connectivity index (χ1n) is 8.03. The molecule has 1 aromatic rings. The number of nitrogen functional groups attached to an aromatic ring is 1. The van der Waals surface area contributed by atoms with Gasteiger partial charge in [0.2, 0.25) is 0 Å². The molecule has 5 atom stereocenters. The van der Waals surface area contributed by atoms with Gasteiger partial charge in [-0.2, -0.15) is 10.2 Å². The van der Waals surface area contributed by atoms with Crippen molar-refractivity contribution in [1.82, 2.24) is 9.55 Å². The highest BCUT2D eigenvalue weighted by molar-refractivity contribution is 5.75. The molecule has 11 nitrogen and oxygen atoms in total. The first-order chi connectivity index (χ1) is 12.9. The van der Waals surface area contributed by atoms with Crippen LogP contribution in [0.1, 0.15) is 13.8 Å². The number of rotatable bonds is 5. The maximum atomic E-state index is 15.1. The highest BCUT2D eigenvalue weighted by atomic mass is 19.2. The van der Waals surface area contributed by atoms with Crippen molar-refractivity contribution in [3.05, 3.63) is 22.5 Å². The van der Waals surface area contributed by atoms with Crippen molar-refractivity contribution in [1.29, 1.82) is 5.26 Å². The third-order valence-electron chi connectivity index (χ3n) is 4.30. The Morgan fingerprint density at radius 2 is 2.14 bits per heavy atom. The molecule has 0 aromatic carbocycles. The zero-order valence-electron chi connectivity index (χ0n) is 14.9. The van der Waals surface area contributed by atoms with Gasteiger partial charge in [0, 0.05) is 0 Å². The second-order valence-corrected chi connectivity index (χ2v) is 6.59. The summed E-state index contributed by atoms with van der Waals surface area (Å²) < 4.78 is 38.5. The van der Waals surface area contributed by atoms with E-state index in [9.17, 15) is 29.5 Å². The van der Waals surface area contributed by atoms with Crippen molar-refractivity contribution < 1.29 is 33.3 Å². The molecule has 0 unspecified atom stereocenters. The normalized spacial score (nSPS) is 30.8. The fourth-order valence-electron chi connectivity index (χ4n) is 2.50. The van der Waals surface area contributed by atoms with Gasteiger partial charge in [-0.1, -0.05) is 13.8 Å². The molecular formula is C15H19F2N5O6. The van der Waals surface area contributed by atoms with Crippen LogP contribution in [0.15, 0.2) is 11.0 Å². The second-order valence-electron chi connectivity index (χ2n) is 6.59. The van der Waals surface area contributed by atoms with Crippen LogP contribution in [0.4, 0.5) is 14.6 Å². The van der Waals surface area contributed by atoms with Crippen molar-refractivity contribution in [2.45, 2.75) is 43.7 Å². The molecule has 6 N–H and O–H groups in total. The highest BCUT2D eigenvalue weighted by Gasteiger charge is 2.66. The van der Waals surface area contributed by atoms with E-state index in [2.05, 4.69) is 9.72 Å². The molecule has 1 saturated heterocycles. The van der Waals surface area contributed by atoms with E-state index in [1.54, 1.807) is 13.8 Å². The molecule has 13 heteroatoms. The van der Waals surface area contributed by atoms with E-state index in [1.165, 1.54) is 6.07 Å². The number of nitriles is 1. The van der Waals surface area contributed by atoms with E-state index in [0.717, 1.165) is 0 Å². The molecule has 0 bridgehead atoms. The van der Waals surface area contributed by atoms with E-state index in [0.29, 0.717) is 6.20 Å². The molecule has 154 valence electrons. The summed E-state index contributed by atoms with van der Waals surface area (Å²) in [7, 11) is 0. The van der Waals surface area contributed by atoms with Gasteiger partial charge in [0.05, 0.1) is 6.20 Å². The fourth-order valence-corrected chi connectivity index (χ4v) is 2.50. The molecule has 1 fully saturated rings. The summed E-state index contributed by atoms with van der Waals surface area (Å²) in [5, 5.41) is 29.7. The van der Waals surface area contributed by atoms with E-state index < -0.39 is 59.7 Å². The minimum Gasteiger partial charge on any atom is -0.458 e. The van der Waals surface area contributed by atoms with E-state index in [-0.39, 0.29) is 10.5 Å². The van der Waals surface area contributed by atoms with Crippen LogP contribution in [-0.4, -0.2) is 56.4 Å². The Morgan fingerprint density at radius 1 is 1.54 bits per heavy atom. The van der Waals surface area contributed by atoms with Crippen LogP contribution in [0.25, 0.3) is 0 Å². The van der Waals surface area contributed by atoms with Gasteiger partial charge in [-0.25, -0.2) is 13.6 Å². The second kappa shape index (κ2) is 7.40. The number of aliphatic hydroxyl groups is 2. The zero-order valence-corrected chi connectivity index (χ0v) is 14.9. The lowest BCUT2D eigenvalue weighted by Crippen LogP contribution is -2.50. The average Bonchev–Trinajstić information content (AvgIpc) is 2.84. The molecule has 1 aromatic heterocycles. The number of anilines is 1. The molecular weight excluding hydrogens is 384 g/mol. The molecule has 0 aliphatic carbocycles. The van der Waals surface area contributed by atoms with Crippen molar-refractivity contribution in [3.63, 3.8) is 0 Å². The molecule has 0 saturated carbocycles. The monoisotopic (exact) mass is 403 g/mol. The van der Waals surface area contributed by atoms with Crippen LogP contribution >= 0.6 is 0 Å². The van der Waals surface area contributed by atoms with Crippen molar-refractivity contribution in [2.75, 3.05) is 12.3 Å². The van der Waals surface area contributed by atoms with Crippen LogP contribution in [0.3, 0.4) is 0 Å². The lowest BCUT2D eigenvalue weighted by atomic mass is 10.0. The van der Waals surface area contributed by atoms with Crippen LogP contribution in [-0.2, 0) is 20.0 Å². The topological polar surface area (TPSA) is 187 Å². The number of nitrogens with two attached hydrogens (primary N) is 2. The number of aromatic nitrogens is 2. The Morgan fingerprint density at radius 3 is 2.68 bits per heavy atom. The summed E-state index contributed by atoms with van der Waals surface area (Å²) in [6.45, 7) is 1.96. The maximum absolute atomic E-state index is 15.1. The van der Waals surface area contributed by atoms with Gasteiger partial charge in [-0.05, 0) is 5.92 Å². The van der Waals surface area contributed by atoms with Crippen molar-refractivity contribution in [2.24, 2.45) is 11.7 Å². The lowest BCUT2D eigenvalue weighted by molar-refractivity contribution is -0.234. The largest absolute Gasteiger partial charge is 0.458 e. The number of halogens is 2. The highest BCUT2D eigenvalue weighted by Crippen LogP contribution is 2.42. The smallest absolute Gasteiger partial charge is 0.352 e. The summed E-state index contributed by atoms with van der Waals surface area (Å²) in [6.07, 6.45) is -4.44. The first-order valence-corrected chi connectivity index (χ1v) is 8.03. The van der Waals surface area contributed by atoms with Crippen LogP contribution in [0.5, 0.6) is 0 Å². The van der Waals surface area contributed by atoms with Gasteiger partial charge in [0.25, 0.3) is 11.6 Å². The van der Waals surface area contributed by atoms with Gasteiger partial charge >= 0.3 is 11.7 Å². The summed E-state index contributed by atoms with van der Waals surface area (Å²) in [5.74, 6) is -6.73. The Balaban J connectivity index is 2.38. The zero-order chi connectivity index (χ0) is 21.4. The van der Waals surface area contributed by atoms with Crippen molar-refractivity contribution >= 4 is 11.8 Å². The number of esters is 1. The number of ether oxygens (including phenoxy) is 2. The average molecular weight is 403 g/mol. The minimum absolute atomic E-state index is 0.148. The Bertz CT molecular complexity index is 873. The van der Waals surface area contributed by atoms with Crippen LogP contribution in [0.2, 0.25) is 0 Å². The summed E-state index contributed by atoms with van der Waals surface area (Å²) in [5.41, 5.74) is 6.45. The maximum Gasteiger partial charge on any atom is 0.352 e. The molecule has 2 rings (SSSR count). The van der Waals surface area contributed by atoms with Crippen LogP contribution < -0.4 is 17.2 Å². The Hall–Kier alpha value is -2.66. The fraction of sp³-hybridized carbons (Fsp3) is 0.600. The number of carbonyl (C=O) groups excluding carboxylic acids is 1. The summed E-state index contributed by atoms with van der Waals surface area (Å²) in [6, 6.07) is 0.218.